The van der Waals surface area contributed by atoms with Crippen LogP contribution in [0.1, 0.15) is 33.6 Å². The third kappa shape index (κ3) is 8.72. The molecule has 1 aromatic carbocycles. The predicted octanol–water partition coefficient (Wildman–Crippen LogP) is 2.88. The largest absolute Gasteiger partial charge is 0.486 e. The van der Waals surface area contributed by atoms with E-state index in [2.05, 4.69) is 34.4 Å². The Balaban J connectivity index is 2.22. The summed E-state index contributed by atoms with van der Waals surface area (Å²) in [5, 5.41) is 6.51. The van der Waals surface area contributed by atoms with Crippen molar-refractivity contribution in [2.45, 2.75) is 39.7 Å². The Kier molecular flexibility index (Phi) is 10.6. The molecule has 1 unspecified atom stereocenters. The van der Waals surface area contributed by atoms with E-state index in [9.17, 15) is 4.39 Å². The van der Waals surface area contributed by atoms with Crippen molar-refractivity contribution in [1.29, 1.82) is 0 Å². The lowest BCUT2D eigenvalue weighted by Crippen LogP contribution is -2.42. The smallest absolute Gasteiger partial charge is 0.191 e. The molecule has 0 spiro atoms. The van der Waals surface area contributed by atoms with Crippen LogP contribution in [0, 0.1) is 5.82 Å². The summed E-state index contributed by atoms with van der Waals surface area (Å²) in [6, 6.07) is 6.44. The van der Waals surface area contributed by atoms with Crippen molar-refractivity contribution in [1.82, 2.24) is 15.5 Å². The number of guanidine groups is 1. The molecule has 1 aromatic rings. The second-order valence-corrected chi connectivity index (χ2v) is 5.97. The van der Waals surface area contributed by atoms with E-state index < -0.39 is 0 Å². The summed E-state index contributed by atoms with van der Waals surface area (Å²) in [6.07, 6.45) is 2.09. The Morgan fingerprint density at radius 3 is 2.56 bits per heavy atom. The summed E-state index contributed by atoms with van der Waals surface area (Å²) in [6.45, 7) is 11.1. The van der Waals surface area contributed by atoms with Gasteiger partial charge in [-0.2, -0.15) is 0 Å². The van der Waals surface area contributed by atoms with Crippen molar-refractivity contribution in [3.63, 3.8) is 0 Å². The van der Waals surface area contributed by atoms with Crippen LogP contribution in [0.25, 0.3) is 0 Å². The molecule has 0 heterocycles. The van der Waals surface area contributed by atoms with Crippen LogP contribution in [0.15, 0.2) is 29.3 Å². The Labute approximate surface area is 151 Å². The zero-order valence-corrected chi connectivity index (χ0v) is 16.0. The molecule has 142 valence electrons. The number of aliphatic imine (C=N–C) groups is 1. The molecule has 2 N–H and O–H groups in total. The number of hydrogen-bond donors (Lipinski definition) is 2. The number of hydrogen-bond acceptors (Lipinski definition) is 3. The van der Waals surface area contributed by atoms with Gasteiger partial charge in [-0.1, -0.05) is 26.0 Å². The maximum absolute atomic E-state index is 13.6. The molecule has 0 amide bonds. The van der Waals surface area contributed by atoms with E-state index in [0.717, 1.165) is 38.6 Å². The van der Waals surface area contributed by atoms with E-state index in [-0.39, 0.29) is 17.7 Å². The van der Waals surface area contributed by atoms with Gasteiger partial charge in [0.15, 0.2) is 17.5 Å². The molecule has 0 saturated carbocycles. The van der Waals surface area contributed by atoms with Crippen LogP contribution in [-0.2, 0) is 0 Å². The first-order valence-corrected chi connectivity index (χ1v) is 9.18. The SMILES string of the molecule is CCN(CC)CCCCNC(=NC)NCC(C)Oc1ccccc1F. The molecule has 5 nitrogen and oxygen atoms in total. The monoisotopic (exact) mass is 352 g/mol. The Hall–Kier alpha value is -1.82. The number of unbranched alkanes of at least 4 members (excludes halogenated alkanes) is 1. The summed E-state index contributed by atoms with van der Waals surface area (Å²) < 4.78 is 19.2. The standard InChI is InChI=1S/C19H33FN4O/c1-5-24(6-2)14-10-9-13-22-19(21-4)23-15-16(3)25-18-12-8-7-11-17(18)20/h7-8,11-12,16H,5-6,9-10,13-15H2,1-4H3,(H2,21,22,23). The van der Waals surface area contributed by atoms with Crippen LogP contribution in [-0.4, -0.2) is 56.7 Å². The molecule has 0 aromatic heterocycles. The van der Waals surface area contributed by atoms with Crippen molar-refractivity contribution in [2.24, 2.45) is 4.99 Å². The van der Waals surface area contributed by atoms with Gasteiger partial charge in [0.05, 0.1) is 6.54 Å². The fraction of sp³-hybridized carbons (Fsp3) is 0.632. The van der Waals surface area contributed by atoms with Gasteiger partial charge >= 0.3 is 0 Å². The number of benzene rings is 1. The van der Waals surface area contributed by atoms with Gasteiger partial charge in [-0.05, 0) is 51.5 Å². The van der Waals surface area contributed by atoms with Crippen molar-refractivity contribution in [3.8, 4) is 5.75 Å². The number of ether oxygens (including phenoxy) is 1. The van der Waals surface area contributed by atoms with Gasteiger partial charge in [0.25, 0.3) is 0 Å². The molecule has 0 aliphatic carbocycles. The topological polar surface area (TPSA) is 48.9 Å². The zero-order valence-electron chi connectivity index (χ0n) is 16.0. The van der Waals surface area contributed by atoms with Gasteiger partial charge < -0.3 is 20.3 Å². The molecule has 0 aliphatic heterocycles. The second-order valence-electron chi connectivity index (χ2n) is 5.97. The van der Waals surface area contributed by atoms with Gasteiger partial charge in [0, 0.05) is 13.6 Å². The highest BCUT2D eigenvalue weighted by atomic mass is 19.1. The number of para-hydroxylation sites is 1. The Bertz CT molecular complexity index is 506. The molecular formula is C19H33FN4O. The van der Waals surface area contributed by atoms with Crippen LogP contribution in [0.4, 0.5) is 4.39 Å². The first-order chi connectivity index (χ1) is 12.1. The molecule has 0 saturated heterocycles. The summed E-state index contributed by atoms with van der Waals surface area (Å²) in [5.41, 5.74) is 0. The molecule has 0 radical (unpaired) electrons. The average Bonchev–Trinajstić information content (AvgIpc) is 2.62. The lowest BCUT2D eigenvalue weighted by molar-refractivity contribution is 0.214. The van der Waals surface area contributed by atoms with Crippen molar-refractivity contribution in [3.05, 3.63) is 30.1 Å². The van der Waals surface area contributed by atoms with Crippen molar-refractivity contribution < 1.29 is 9.13 Å². The minimum absolute atomic E-state index is 0.168. The van der Waals surface area contributed by atoms with E-state index in [1.807, 2.05) is 6.92 Å². The highest BCUT2D eigenvalue weighted by Crippen LogP contribution is 2.16. The lowest BCUT2D eigenvalue weighted by Gasteiger charge is -2.19. The van der Waals surface area contributed by atoms with Crippen molar-refractivity contribution >= 4 is 5.96 Å². The van der Waals surface area contributed by atoms with Gasteiger partial charge in [-0.25, -0.2) is 4.39 Å². The molecule has 0 fully saturated rings. The van der Waals surface area contributed by atoms with Crippen LogP contribution < -0.4 is 15.4 Å². The maximum atomic E-state index is 13.6. The highest BCUT2D eigenvalue weighted by Gasteiger charge is 2.08. The van der Waals surface area contributed by atoms with Gasteiger partial charge in [0.2, 0.25) is 0 Å². The molecule has 6 heteroatoms. The molecule has 1 rings (SSSR count). The van der Waals surface area contributed by atoms with Crippen LogP contribution in [0.2, 0.25) is 0 Å². The number of nitrogens with zero attached hydrogens (tertiary/aromatic N) is 2. The van der Waals surface area contributed by atoms with E-state index >= 15 is 0 Å². The van der Waals surface area contributed by atoms with E-state index in [1.54, 1.807) is 25.2 Å². The third-order valence-corrected chi connectivity index (χ3v) is 4.03. The van der Waals surface area contributed by atoms with Crippen LogP contribution in [0.3, 0.4) is 0 Å². The first-order valence-electron chi connectivity index (χ1n) is 9.18. The number of nitrogens with one attached hydrogen (secondary N) is 2. The Morgan fingerprint density at radius 1 is 1.20 bits per heavy atom. The van der Waals surface area contributed by atoms with E-state index in [4.69, 9.17) is 4.74 Å². The maximum Gasteiger partial charge on any atom is 0.191 e. The fourth-order valence-corrected chi connectivity index (χ4v) is 2.47. The third-order valence-electron chi connectivity index (χ3n) is 4.03. The van der Waals surface area contributed by atoms with E-state index in [0.29, 0.717) is 6.54 Å². The summed E-state index contributed by atoms with van der Waals surface area (Å²) >= 11 is 0. The van der Waals surface area contributed by atoms with Gasteiger partial charge in [-0.15, -0.1) is 0 Å². The quantitative estimate of drug-likeness (QED) is 0.365. The summed E-state index contributed by atoms with van der Waals surface area (Å²) in [4.78, 5) is 6.63. The van der Waals surface area contributed by atoms with Crippen LogP contribution in [0.5, 0.6) is 5.75 Å². The lowest BCUT2D eigenvalue weighted by atomic mass is 10.3. The minimum atomic E-state index is -0.343. The normalized spacial score (nSPS) is 13.0. The fourth-order valence-electron chi connectivity index (χ4n) is 2.47. The molecular weight excluding hydrogens is 319 g/mol. The molecule has 0 aliphatic rings. The molecule has 25 heavy (non-hydrogen) atoms. The van der Waals surface area contributed by atoms with E-state index in [1.165, 1.54) is 12.5 Å². The second kappa shape index (κ2) is 12.5. The molecule has 0 bridgehead atoms. The average molecular weight is 352 g/mol. The predicted molar refractivity (Wildman–Crippen MR) is 103 cm³/mol. The van der Waals surface area contributed by atoms with Gasteiger partial charge in [0.1, 0.15) is 6.10 Å². The summed E-state index contributed by atoms with van der Waals surface area (Å²) in [5.74, 6) is 0.674. The minimum Gasteiger partial charge on any atom is -0.486 e. The number of halogens is 1. The van der Waals surface area contributed by atoms with Gasteiger partial charge in [-0.3, -0.25) is 4.99 Å². The first kappa shape index (κ1) is 21.2. The summed E-state index contributed by atoms with van der Waals surface area (Å²) in [7, 11) is 1.74. The van der Waals surface area contributed by atoms with Crippen LogP contribution >= 0.6 is 0 Å². The Morgan fingerprint density at radius 2 is 1.92 bits per heavy atom. The highest BCUT2D eigenvalue weighted by molar-refractivity contribution is 5.79. The zero-order chi connectivity index (χ0) is 18.5. The number of rotatable bonds is 11. The van der Waals surface area contributed by atoms with Crippen molar-refractivity contribution in [2.75, 3.05) is 39.8 Å². The molecule has 1 atom stereocenters.